The molecule has 114 valence electrons. The normalized spacial score (nSPS) is 15.4. The van der Waals surface area contributed by atoms with E-state index in [9.17, 15) is 9.59 Å². The van der Waals surface area contributed by atoms with Gasteiger partial charge in [-0.15, -0.1) is 0 Å². The number of carboxylic acids is 1. The number of carboxylic acid groups (broad SMARTS) is 1. The van der Waals surface area contributed by atoms with E-state index in [0.29, 0.717) is 5.56 Å². The lowest BCUT2D eigenvalue weighted by molar-refractivity contribution is -0.142. The molecule has 0 saturated heterocycles. The molecule has 1 aliphatic heterocycles. The first kappa shape index (κ1) is 15.5. The van der Waals surface area contributed by atoms with E-state index in [1.807, 2.05) is 32.0 Å². The molecule has 1 amide bonds. The van der Waals surface area contributed by atoms with Crippen LogP contribution in [0, 0.1) is 11.8 Å². The fraction of sp³-hybridized carbons (Fsp3) is 0.500. The van der Waals surface area contributed by atoms with Crippen LogP contribution in [-0.4, -0.2) is 30.1 Å². The number of carbonyl (C=O) groups is 2. The molecule has 5 nitrogen and oxygen atoms in total. The van der Waals surface area contributed by atoms with Crippen molar-refractivity contribution in [1.82, 2.24) is 10.6 Å². The third-order valence-corrected chi connectivity index (χ3v) is 3.96. The first-order valence-corrected chi connectivity index (χ1v) is 7.32. The standard InChI is InChI=1S/C16H22N2O3/c1-10(2)14(16(20)21)9-18-15(19)12-4-3-11-5-6-17-8-13(11)7-12/h3-4,7,10,14,17H,5-6,8-9H2,1-2H3,(H,18,19)(H,20,21). The van der Waals surface area contributed by atoms with Gasteiger partial charge in [0.05, 0.1) is 5.92 Å². The topological polar surface area (TPSA) is 78.4 Å². The number of carbonyl (C=O) groups excluding carboxylic acids is 1. The molecule has 1 heterocycles. The van der Waals surface area contributed by atoms with Gasteiger partial charge in [-0.2, -0.15) is 0 Å². The zero-order valence-corrected chi connectivity index (χ0v) is 12.5. The molecule has 1 unspecified atom stereocenters. The van der Waals surface area contributed by atoms with Gasteiger partial charge in [-0.25, -0.2) is 0 Å². The summed E-state index contributed by atoms with van der Waals surface area (Å²) >= 11 is 0. The van der Waals surface area contributed by atoms with E-state index in [2.05, 4.69) is 10.6 Å². The average molecular weight is 290 g/mol. The second-order valence-corrected chi connectivity index (χ2v) is 5.81. The van der Waals surface area contributed by atoms with E-state index in [1.165, 1.54) is 5.56 Å². The number of hydrogen-bond acceptors (Lipinski definition) is 3. The van der Waals surface area contributed by atoms with Gasteiger partial charge in [0, 0.05) is 18.7 Å². The van der Waals surface area contributed by atoms with Crippen molar-refractivity contribution in [3.05, 3.63) is 34.9 Å². The number of fused-ring (bicyclic) bond motifs is 1. The van der Waals surface area contributed by atoms with Gasteiger partial charge in [-0.3, -0.25) is 9.59 Å². The van der Waals surface area contributed by atoms with Crippen LogP contribution in [0.5, 0.6) is 0 Å². The highest BCUT2D eigenvalue weighted by Crippen LogP contribution is 2.16. The minimum Gasteiger partial charge on any atom is -0.481 e. The van der Waals surface area contributed by atoms with E-state index in [-0.39, 0.29) is 18.4 Å². The van der Waals surface area contributed by atoms with Crippen LogP contribution in [0.25, 0.3) is 0 Å². The van der Waals surface area contributed by atoms with Crippen LogP contribution in [-0.2, 0) is 17.8 Å². The van der Waals surface area contributed by atoms with E-state index in [4.69, 9.17) is 5.11 Å². The lowest BCUT2D eigenvalue weighted by Gasteiger charge is -2.19. The summed E-state index contributed by atoms with van der Waals surface area (Å²) in [5.41, 5.74) is 3.01. The predicted molar refractivity (Wildman–Crippen MR) is 80.1 cm³/mol. The van der Waals surface area contributed by atoms with Gasteiger partial charge in [-0.05, 0) is 42.1 Å². The van der Waals surface area contributed by atoms with Gasteiger partial charge in [0.1, 0.15) is 0 Å². The summed E-state index contributed by atoms with van der Waals surface area (Å²) in [6, 6.07) is 5.69. The first-order chi connectivity index (χ1) is 9.99. The van der Waals surface area contributed by atoms with Crippen LogP contribution in [0.1, 0.15) is 35.3 Å². The molecule has 0 radical (unpaired) electrons. The molecule has 5 heteroatoms. The molecule has 1 aromatic carbocycles. The highest BCUT2D eigenvalue weighted by atomic mass is 16.4. The van der Waals surface area contributed by atoms with Crippen LogP contribution in [0.2, 0.25) is 0 Å². The van der Waals surface area contributed by atoms with Crippen molar-refractivity contribution in [2.75, 3.05) is 13.1 Å². The third kappa shape index (κ3) is 3.82. The van der Waals surface area contributed by atoms with Crippen LogP contribution in [0.4, 0.5) is 0 Å². The lowest BCUT2D eigenvalue weighted by atomic mass is 9.95. The summed E-state index contributed by atoms with van der Waals surface area (Å²) in [5.74, 6) is -1.67. The Kier molecular flexibility index (Phi) is 4.96. The molecule has 0 spiro atoms. The maximum Gasteiger partial charge on any atom is 0.308 e. The summed E-state index contributed by atoms with van der Waals surface area (Å²) in [4.78, 5) is 23.3. The largest absolute Gasteiger partial charge is 0.481 e. The Balaban J connectivity index is 2.02. The molecule has 0 saturated carbocycles. The quantitative estimate of drug-likeness (QED) is 0.766. The Morgan fingerprint density at radius 2 is 2.10 bits per heavy atom. The van der Waals surface area contributed by atoms with E-state index in [0.717, 1.165) is 25.1 Å². The maximum atomic E-state index is 12.2. The highest BCUT2D eigenvalue weighted by molar-refractivity contribution is 5.94. The SMILES string of the molecule is CC(C)C(CNC(=O)c1ccc2c(c1)CNCC2)C(=O)O. The third-order valence-electron chi connectivity index (χ3n) is 3.96. The Bertz CT molecular complexity index is 540. The molecule has 3 N–H and O–H groups in total. The monoisotopic (exact) mass is 290 g/mol. The van der Waals surface area contributed by atoms with Crippen LogP contribution >= 0.6 is 0 Å². The molecule has 0 fully saturated rings. The van der Waals surface area contributed by atoms with Gasteiger partial charge < -0.3 is 15.7 Å². The Morgan fingerprint density at radius 3 is 2.76 bits per heavy atom. The van der Waals surface area contributed by atoms with Gasteiger partial charge in [-0.1, -0.05) is 19.9 Å². The summed E-state index contributed by atoms with van der Waals surface area (Å²) < 4.78 is 0. The lowest BCUT2D eigenvalue weighted by Crippen LogP contribution is -2.35. The van der Waals surface area contributed by atoms with Crippen LogP contribution in [0.15, 0.2) is 18.2 Å². The molecule has 2 rings (SSSR count). The van der Waals surface area contributed by atoms with Crippen LogP contribution < -0.4 is 10.6 Å². The highest BCUT2D eigenvalue weighted by Gasteiger charge is 2.22. The van der Waals surface area contributed by atoms with Crippen molar-refractivity contribution in [2.45, 2.75) is 26.8 Å². The molecule has 0 aliphatic carbocycles. The van der Waals surface area contributed by atoms with Crippen molar-refractivity contribution in [3.63, 3.8) is 0 Å². The number of rotatable bonds is 5. The van der Waals surface area contributed by atoms with Gasteiger partial charge >= 0.3 is 5.97 Å². The van der Waals surface area contributed by atoms with Crippen LogP contribution in [0.3, 0.4) is 0 Å². The zero-order chi connectivity index (χ0) is 15.4. The minimum atomic E-state index is -0.875. The first-order valence-electron chi connectivity index (χ1n) is 7.32. The molecule has 0 bridgehead atoms. The van der Waals surface area contributed by atoms with Gasteiger partial charge in [0.25, 0.3) is 5.91 Å². The Labute approximate surface area is 124 Å². The average Bonchev–Trinajstić information content (AvgIpc) is 2.46. The number of amides is 1. The number of nitrogens with one attached hydrogen (secondary N) is 2. The van der Waals surface area contributed by atoms with E-state index in [1.54, 1.807) is 0 Å². The second kappa shape index (κ2) is 6.72. The van der Waals surface area contributed by atoms with E-state index < -0.39 is 11.9 Å². The van der Waals surface area contributed by atoms with Crippen molar-refractivity contribution in [3.8, 4) is 0 Å². The van der Waals surface area contributed by atoms with Crippen molar-refractivity contribution < 1.29 is 14.7 Å². The van der Waals surface area contributed by atoms with Gasteiger partial charge in [0.15, 0.2) is 0 Å². The summed E-state index contributed by atoms with van der Waals surface area (Å²) in [7, 11) is 0. The molecular weight excluding hydrogens is 268 g/mol. The molecule has 1 aliphatic rings. The Hall–Kier alpha value is -1.88. The number of aliphatic carboxylic acids is 1. The molecule has 21 heavy (non-hydrogen) atoms. The maximum absolute atomic E-state index is 12.2. The van der Waals surface area contributed by atoms with Gasteiger partial charge in [0.2, 0.25) is 0 Å². The fourth-order valence-corrected chi connectivity index (χ4v) is 2.53. The summed E-state index contributed by atoms with van der Waals surface area (Å²) in [6.07, 6.45) is 0.978. The summed E-state index contributed by atoms with van der Waals surface area (Å²) in [5, 5.41) is 15.1. The number of benzene rings is 1. The Morgan fingerprint density at radius 1 is 1.33 bits per heavy atom. The number of hydrogen-bond donors (Lipinski definition) is 3. The summed E-state index contributed by atoms with van der Waals surface area (Å²) in [6.45, 7) is 5.58. The van der Waals surface area contributed by atoms with Crippen molar-refractivity contribution >= 4 is 11.9 Å². The molecular formula is C16H22N2O3. The van der Waals surface area contributed by atoms with E-state index >= 15 is 0 Å². The smallest absolute Gasteiger partial charge is 0.308 e. The fourth-order valence-electron chi connectivity index (χ4n) is 2.53. The molecule has 1 aromatic rings. The zero-order valence-electron chi connectivity index (χ0n) is 12.5. The second-order valence-electron chi connectivity index (χ2n) is 5.81. The predicted octanol–water partition coefficient (Wildman–Crippen LogP) is 1.42. The molecule has 0 aromatic heterocycles. The van der Waals surface area contributed by atoms with Crippen molar-refractivity contribution in [1.29, 1.82) is 0 Å². The molecule has 1 atom stereocenters. The minimum absolute atomic E-state index is 0.0180. The van der Waals surface area contributed by atoms with Crippen molar-refractivity contribution in [2.24, 2.45) is 11.8 Å².